The Balaban J connectivity index is 1.64. The van der Waals surface area contributed by atoms with Crippen LogP contribution < -0.4 is 10.1 Å². The van der Waals surface area contributed by atoms with Gasteiger partial charge < -0.3 is 14.8 Å². The fraction of sp³-hybridized carbons (Fsp3) is 0.148. The van der Waals surface area contributed by atoms with Gasteiger partial charge in [-0.05, 0) is 49.7 Å². The predicted molar refractivity (Wildman–Crippen MR) is 133 cm³/mol. The predicted octanol–water partition coefficient (Wildman–Crippen LogP) is 6.06. The number of aromatic nitrogens is 1. The molecule has 4 aromatic rings. The summed E-state index contributed by atoms with van der Waals surface area (Å²) in [6.07, 6.45) is 0. The highest BCUT2D eigenvalue weighted by atomic mass is 35.5. The molecule has 172 valence electrons. The average molecular weight is 475 g/mol. The molecular formula is C27H23ClN2O4. The van der Waals surface area contributed by atoms with Crippen molar-refractivity contribution < 1.29 is 19.1 Å². The van der Waals surface area contributed by atoms with Gasteiger partial charge in [-0.2, -0.15) is 0 Å². The van der Waals surface area contributed by atoms with Gasteiger partial charge in [-0.15, -0.1) is 0 Å². The first-order valence-corrected chi connectivity index (χ1v) is 11.2. The molecule has 4 rings (SSSR count). The average Bonchev–Trinajstić information content (AvgIpc) is 2.85. The zero-order valence-corrected chi connectivity index (χ0v) is 19.6. The standard InChI is InChI=1S/C27H23ClN2O4/c1-3-33-27(32)19-10-12-23-21(13-19)25(15-24(30-23)18-7-5-4-6-8-18)34-16-26(31)29-20-11-9-17(2)22(28)14-20/h4-15H,3,16H2,1-2H3,(H,29,31). The van der Waals surface area contributed by atoms with Crippen LogP contribution in [0.3, 0.4) is 0 Å². The number of carbonyl (C=O) groups is 2. The zero-order chi connectivity index (χ0) is 24.1. The second kappa shape index (κ2) is 10.4. The van der Waals surface area contributed by atoms with Gasteiger partial charge >= 0.3 is 5.97 Å². The topological polar surface area (TPSA) is 77.5 Å². The third-order valence-corrected chi connectivity index (χ3v) is 5.57. The molecule has 0 bridgehead atoms. The molecule has 6 nitrogen and oxygen atoms in total. The van der Waals surface area contributed by atoms with Gasteiger partial charge in [-0.25, -0.2) is 9.78 Å². The number of benzene rings is 3. The molecule has 0 aliphatic heterocycles. The number of ether oxygens (including phenoxy) is 2. The Morgan fingerprint density at radius 3 is 2.53 bits per heavy atom. The number of aryl methyl sites for hydroxylation is 1. The van der Waals surface area contributed by atoms with Crippen molar-refractivity contribution >= 4 is 40.1 Å². The van der Waals surface area contributed by atoms with E-state index in [0.29, 0.717) is 38.6 Å². The Morgan fingerprint density at radius 2 is 1.79 bits per heavy atom. The van der Waals surface area contributed by atoms with Crippen LogP contribution in [0.15, 0.2) is 72.8 Å². The molecule has 0 aliphatic rings. The number of amides is 1. The van der Waals surface area contributed by atoms with Crippen LogP contribution in [-0.4, -0.2) is 30.1 Å². The summed E-state index contributed by atoms with van der Waals surface area (Å²) in [5, 5.41) is 3.96. The van der Waals surface area contributed by atoms with E-state index in [2.05, 4.69) is 5.32 Å². The number of hydrogen-bond donors (Lipinski definition) is 1. The van der Waals surface area contributed by atoms with E-state index in [1.165, 1.54) is 0 Å². The number of nitrogens with zero attached hydrogens (tertiary/aromatic N) is 1. The van der Waals surface area contributed by atoms with Crippen LogP contribution in [0.5, 0.6) is 5.75 Å². The molecule has 7 heteroatoms. The molecule has 34 heavy (non-hydrogen) atoms. The summed E-state index contributed by atoms with van der Waals surface area (Å²) in [4.78, 5) is 29.5. The molecule has 1 amide bonds. The van der Waals surface area contributed by atoms with Crippen molar-refractivity contribution in [3.05, 3.63) is 88.9 Å². The van der Waals surface area contributed by atoms with E-state index in [9.17, 15) is 9.59 Å². The van der Waals surface area contributed by atoms with Gasteiger partial charge in [-0.1, -0.05) is 48.0 Å². The van der Waals surface area contributed by atoms with E-state index >= 15 is 0 Å². The second-order valence-electron chi connectivity index (χ2n) is 7.62. The molecule has 0 unspecified atom stereocenters. The summed E-state index contributed by atoms with van der Waals surface area (Å²) in [5.74, 6) is -0.337. The van der Waals surface area contributed by atoms with E-state index < -0.39 is 5.97 Å². The third-order valence-electron chi connectivity index (χ3n) is 5.17. The first-order valence-electron chi connectivity index (χ1n) is 10.8. The highest BCUT2D eigenvalue weighted by Crippen LogP contribution is 2.31. The van der Waals surface area contributed by atoms with E-state index in [4.69, 9.17) is 26.1 Å². The lowest BCUT2D eigenvalue weighted by Gasteiger charge is -2.13. The van der Waals surface area contributed by atoms with Crippen LogP contribution in [0.2, 0.25) is 5.02 Å². The van der Waals surface area contributed by atoms with Gasteiger partial charge in [0.2, 0.25) is 0 Å². The molecule has 0 saturated heterocycles. The van der Waals surface area contributed by atoms with Gasteiger partial charge in [0.05, 0.1) is 23.4 Å². The van der Waals surface area contributed by atoms with E-state index in [1.807, 2.05) is 43.3 Å². The van der Waals surface area contributed by atoms with Crippen molar-refractivity contribution in [2.24, 2.45) is 0 Å². The number of hydrogen-bond acceptors (Lipinski definition) is 5. The maximum Gasteiger partial charge on any atom is 0.338 e. The first kappa shape index (κ1) is 23.3. The van der Waals surface area contributed by atoms with Gasteiger partial charge in [-0.3, -0.25) is 4.79 Å². The Bertz CT molecular complexity index is 1360. The van der Waals surface area contributed by atoms with E-state index in [-0.39, 0.29) is 19.1 Å². The number of pyridine rings is 1. The quantitative estimate of drug-likeness (QED) is 0.329. The van der Waals surface area contributed by atoms with Gasteiger partial charge in [0.15, 0.2) is 6.61 Å². The molecule has 3 aromatic carbocycles. The zero-order valence-electron chi connectivity index (χ0n) is 18.8. The lowest BCUT2D eigenvalue weighted by molar-refractivity contribution is -0.118. The van der Waals surface area contributed by atoms with Crippen molar-refractivity contribution in [2.75, 3.05) is 18.5 Å². The van der Waals surface area contributed by atoms with Crippen molar-refractivity contribution in [3.8, 4) is 17.0 Å². The lowest BCUT2D eigenvalue weighted by Crippen LogP contribution is -2.20. The largest absolute Gasteiger partial charge is 0.483 e. The van der Waals surface area contributed by atoms with Gasteiger partial charge in [0.1, 0.15) is 5.75 Å². The Morgan fingerprint density at radius 1 is 1.00 bits per heavy atom. The molecule has 0 fully saturated rings. The minimum atomic E-state index is -0.434. The Kier molecular flexibility index (Phi) is 7.09. The molecule has 1 aromatic heterocycles. The van der Waals surface area contributed by atoms with Crippen molar-refractivity contribution in [3.63, 3.8) is 0 Å². The molecule has 1 N–H and O–H groups in total. The molecule has 0 atom stereocenters. The molecular weight excluding hydrogens is 452 g/mol. The molecule has 1 heterocycles. The number of rotatable bonds is 7. The van der Waals surface area contributed by atoms with Crippen LogP contribution in [0.4, 0.5) is 5.69 Å². The Hall–Kier alpha value is -3.90. The number of nitrogens with one attached hydrogen (secondary N) is 1. The fourth-order valence-electron chi connectivity index (χ4n) is 3.42. The monoisotopic (exact) mass is 474 g/mol. The third kappa shape index (κ3) is 5.35. The molecule has 0 radical (unpaired) electrons. The van der Waals surface area contributed by atoms with Crippen LogP contribution in [0.25, 0.3) is 22.2 Å². The van der Waals surface area contributed by atoms with Crippen molar-refractivity contribution in [1.82, 2.24) is 4.98 Å². The summed E-state index contributed by atoms with van der Waals surface area (Å²) in [5.41, 5.74) is 4.12. The SMILES string of the molecule is CCOC(=O)c1ccc2nc(-c3ccccc3)cc(OCC(=O)Nc3ccc(C)c(Cl)c3)c2c1. The summed E-state index contributed by atoms with van der Waals surface area (Å²) >= 11 is 6.15. The maximum atomic E-state index is 12.6. The van der Waals surface area contributed by atoms with Gasteiger partial charge in [0.25, 0.3) is 5.91 Å². The van der Waals surface area contributed by atoms with Crippen molar-refractivity contribution in [1.29, 1.82) is 0 Å². The van der Waals surface area contributed by atoms with Crippen LogP contribution in [0.1, 0.15) is 22.8 Å². The lowest BCUT2D eigenvalue weighted by atomic mass is 10.1. The molecule has 0 saturated carbocycles. The summed E-state index contributed by atoms with van der Waals surface area (Å²) in [6.45, 7) is 3.68. The summed E-state index contributed by atoms with van der Waals surface area (Å²) < 4.78 is 11.0. The normalized spacial score (nSPS) is 10.7. The number of halogens is 1. The van der Waals surface area contributed by atoms with Crippen LogP contribution in [0, 0.1) is 6.92 Å². The van der Waals surface area contributed by atoms with Crippen LogP contribution in [-0.2, 0) is 9.53 Å². The second-order valence-corrected chi connectivity index (χ2v) is 8.03. The number of carbonyl (C=O) groups excluding carboxylic acids is 2. The molecule has 0 aliphatic carbocycles. The minimum Gasteiger partial charge on any atom is -0.483 e. The molecule has 0 spiro atoms. The fourth-order valence-corrected chi connectivity index (χ4v) is 3.60. The number of esters is 1. The highest BCUT2D eigenvalue weighted by Gasteiger charge is 2.14. The van der Waals surface area contributed by atoms with E-state index in [1.54, 1.807) is 43.3 Å². The summed E-state index contributed by atoms with van der Waals surface area (Å²) in [7, 11) is 0. The summed E-state index contributed by atoms with van der Waals surface area (Å²) in [6, 6.07) is 21.8. The smallest absolute Gasteiger partial charge is 0.338 e. The van der Waals surface area contributed by atoms with E-state index in [0.717, 1.165) is 11.1 Å². The van der Waals surface area contributed by atoms with Gasteiger partial charge in [0, 0.05) is 27.7 Å². The van der Waals surface area contributed by atoms with Crippen LogP contribution >= 0.6 is 11.6 Å². The number of anilines is 1. The highest BCUT2D eigenvalue weighted by molar-refractivity contribution is 6.31. The van der Waals surface area contributed by atoms with Crippen molar-refractivity contribution in [2.45, 2.75) is 13.8 Å². The minimum absolute atomic E-state index is 0.234. The maximum absolute atomic E-state index is 12.6. The number of fused-ring (bicyclic) bond motifs is 1. The first-order chi connectivity index (χ1) is 16.4. The Labute approximate surface area is 202 Å².